The number of esters is 3. The van der Waals surface area contributed by atoms with E-state index in [2.05, 4.69) is 0 Å². The number of benzene rings is 3. The molecule has 0 saturated carbocycles. The molecule has 186 valence electrons. The molecule has 0 aliphatic carbocycles. The van der Waals surface area contributed by atoms with Crippen molar-refractivity contribution in [1.29, 1.82) is 0 Å². The van der Waals surface area contributed by atoms with Gasteiger partial charge in [0.25, 0.3) is 0 Å². The van der Waals surface area contributed by atoms with Crippen LogP contribution in [0.2, 0.25) is 0 Å². The topological polar surface area (TPSA) is 108 Å². The van der Waals surface area contributed by atoms with Gasteiger partial charge in [0.1, 0.15) is 19.4 Å². The maximum Gasteiger partial charge on any atom is 0.338 e. The molecule has 9 heteroatoms. The van der Waals surface area contributed by atoms with Crippen LogP contribution in [0.1, 0.15) is 31.1 Å². The number of hydrogen-bond acceptors (Lipinski definition) is 8. The summed E-state index contributed by atoms with van der Waals surface area (Å²) in [6, 6.07) is 23.7. The third-order valence-electron chi connectivity index (χ3n) is 5.53. The Kier molecular flexibility index (Phi) is 7.72. The van der Waals surface area contributed by atoms with Crippen molar-refractivity contribution in [3.05, 3.63) is 108 Å². The lowest BCUT2D eigenvalue weighted by atomic mass is 10.0. The van der Waals surface area contributed by atoms with Gasteiger partial charge in [-0.05, 0) is 36.4 Å². The highest BCUT2D eigenvalue weighted by molar-refractivity contribution is 5.91. The minimum Gasteiger partial charge on any atom is -0.456 e. The second kappa shape index (κ2) is 11.1. The molecule has 3 aromatic carbocycles. The van der Waals surface area contributed by atoms with Gasteiger partial charge in [-0.1, -0.05) is 54.6 Å². The highest BCUT2D eigenvalue weighted by Crippen LogP contribution is 2.35. The number of aliphatic hydroxyl groups is 1. The van der Waals surface area contributed by atoms with Crippen LogP contribution < -0.4 is 0 Å². The second-order valence-electron chi connectivity index (χ2n) is 8.03. The van der Waals surface area contributed by atoms with E-state index >= 15 is 0 Å². The Hall–Kier alpha value is -4.08. The SMILES string of the molecule is O=C(OCC1(O)O[C@H](CF)C(OC(=O)c2ccccc2)[C@H]1OC(=O)c1ccccc1)c1ccccc1. The number of carbonyl (C=O) groups excluding carboxylic acids is 3. The fraction of sp³-hybridized carbons (Fsp3) is 0.222. The summed E-state index contributed by atoms with van der Waals surface area (Å²) < 4.78 is 35.5. The van der Waals surface area contributed by atoms with Crippen LogP contribution in [-0.4, -0.2) is 60.4 Å². The number of ether oxygens (including phenoxy) is 4. The fourth-order valence-electron chi connectivity index (χ4n) is 3.73. The van der Waals surface area contributed by atoms with E-state index in [0.717, 1.165) is 0 Å². The zero-order chi connectivity index (χ0) is 25.5. The minimum atomic E-state index is -2.49. The van der Waals surface area contributed by atoms with E-state index in [1.165, 1.54) is 36.4 Å². The minimum absolute atomic E-state index is 0.137. The normalized spacial score (nSPS) is 23.0. The average Bonchev–Trinajstić information content (AvgIpc) is 3.19. The Balaban J connectivity index is 1.59. The first-order chi connectivity index (χ1) is 17.4. The first-order valence-electron chi connectivity index (χ1n) is 11.1. The Labute approximate surface area is 206 Å². The zero-order valence-corrected chi connectivity index (χ0v) is 19.0. The number of halogens is 1. The van der Waals surface area contributed by atoms with E-state index in [4.69, 9.17) is 18.9 Å². The molecule has 2 unspecified atom stereocenters. The van der Waals surface area contributed by atoms with Gasteiger partial charge in [-0.25, -0.2) is 18.8 Å². The Morgan fingerprint density at radius 3 is 1.67 bits per heavy atom. The van der Waals surface area contributed by atoms with Gasteiger partial charge in [-0.2, -0.15) is 0 Å². The lowest BCUT2D eigenvalue weighted by Crippen LogP contribution is -2.50. The fourth-order valence-corrected chi connectivity index (χ4v) is 3.73. The van der Waals surface area contributed by atoms with Crippen molar-refractivity contribution in [1.82, 2.24) is 0 Å². The maximum absolute atomic E-state index is 14.0. The van der Waals surface area contributed by atoms with E-state index in [9.17, 15) is 23.9 Å². The van der Waals surface area contributed by atoms with Gasteiger partial charge in [0.05, 0.1) is 16.7 Å². The predicted molar refractivity (Wildman–Crippen MR) is 124 cm³/mol. The predicted octanol–water partition coefficient (Wildman–Crippen LogP) is 3.35. The van der Waals surface area contributed by atoms with Crippen LogP contribution >= 0.6 is 0 Å². The summed E-state index contributed by atoms with van der Waals surface area (Å²) in [7, 11) is 0. The Morgan fingerprint density at radius 2 is 1.19 bits per heavy atom. The first-order valence-corrected chi connectivity index (χ1v) is 11.1. The highest BCUT2D eigenvalue weighted by atomic mass is 19.1. The quantitative estimate of drug-likeness (QED) is 0.375. The molecule has 0 spiro atoms. The number of alkyl halides is 1. The highest BCUT2D eigenvalue weighted by Gasteiger charge is 2.60. The zero-order valence-electron chi connectivity index (χ0n) is 19.0. The lowest BCUT2D eigenvalue weighted by molar-refractivity contribution is -0.246. The molecule has 1 aliphatic heterocycles. The third-order valence-corrected chi connectivity index (χ3v) is 5.53. The van der Waals surface area contributed by atoms with Crippen molar-refractivity contribution in [3.63, 3.8) is 0 Å². The van der Waals surface area contributed by atoms with Crippen molar-refractivity contribution >= 4 is 17.9 Å². The largest absolute Gasteiger partial charge is 0.456 e. The van der Waals surface area contributed by atoms with Crippen molar-refractivity contribution in [3.8, 4) is 0 Å². The van der Waals surface area contributed by atoms with Gasteiger partial charge in [0.15, 0.2) is 12.2 Å². The van der Waals surface area contributed by atoms with Crippen molar-refractivity contribution < 1.29 is 42.8 Å². The maximum atomic E-state index is 14.0. The van der Waals surface area contributed by atoms with Crippen LogP contribution in [0.3, 0.4) is 0 Å². The molecule has 1 N–H and O–H groups in total. The summed E-state index contributed by atoms with van der Waals surface area (Å²) in [5, 5.41) is 11.3. The van der Waals surface area contributed by atoms with Crippen LogP contribution in [0.5, 0.6) is 0 Å². The molecule has 1 saturated heterocycles. The van der Waals surface area contributed by atoms with E-state index in [1.54, 1.807) is 54.6 Å². The summed E-state index contributed by atoms with van der Waals surface area (Å²) in [5.41, 5.74) is 0.498. The summed E-state index contributed by atoms with van der Waals surface area (Å²) in [4.78, 5) is 38.0. The summed E-state index contributed by atoms with van der Waals surface area (Å²) in [6.07, 6.45) is -4.73. The molecule has 0 aromatic heterocycles. The molecule has 8 nitrogen and oxygen atoms in total. The molecular formula is C27H23FO8. The Morgan fingerprint density at radius 1 is 0.750 bits per heavy atom. The molecule has 1 aliphatic rings. The first kappa shape index (κ1) is 25.0. The van der Waals surface area contributed by atoms with Crippen molar-refractivity contribution in [2.45, 2.75) is 24.1 Å². The van der Waals surface area contributed by atoms with E-state index < -0.39 is 55.3 Å². The Bertz CT molecular complexity index is 1190. The molecule has 0 bridgehead atoms. The summed E-state index contributed by atoms with van der Waals surface area (Å²) >= 11 is 0. The average molecular weight is 494 g/mol. The third kappa shape index (κ3) is 5.59. The summed E-state index contributed by atoms with van der Waals surface area (Å²) in [6.45, 7) is -2.00. The van der Waals surface area contributed by atoms with Gasteiger partial charge >= 0.3 is 17.9 Å². The smallest absolute Gasteiger partial charge is 0.338 e. The van der Waals surface area contributed by atoms with Crippen LogP contribution in [0.4, 0.5) is 4.39 Å². The van der Waals surface area contributed by atoms with E-state index in [-0.39, 0.29) is 16.7 Å². The molecule has 1 fully saturated rings. The van der Waals surface area contributed by atoms with Crippen molar-refractivity contribution in [2.24, 2.45) is 0 Å². The van der Waals surface area contributed by atoms with Crippen LogP contribution in [0.25, 0.3) is 0 Å². The van der Waals surface area contributed by atoms with Crippen LogP contribution in [0.15, 0.2) is 91.0 Å². The van der Waals surface area contributed by atoms with Gasteiger partial charge in [-0.3, -0.25) is 0 Å². The van der Waals surface area contributed by atoms with Crippen molar-refractivity contribution in [2.75, 3.05) is 13.3 Å². The molecule has 1 heterocycles. The van der Waals surface area contributed by atoms with Crippen LogP contribution in [-0.2, 0) is 18.9 Å². The monoisotopic (exact) mass is 494 g/mol. The van der Waals surface area contributed by atoms with Gasteiger partial charge in [-0.15, -0.1) is 0 Å². The molecule has 4 rings (SSSR count). The molecule has 0 amide bonds. The number of hydrogen-bond donors (Lipinski definition) is 1. The van der Waals surface area contributed by atoms with E-state index in [1.807, 2.05) is 0 Å². The van der Waals surface area contributed by atoms with Crippen LogP contribution in [0, 0.1) is 0 Å². The van der Waals surface area contributed by atoms with E-state index in [0.29, 0.717) is 0 Å². The molecule has 3 aromatic rings. The summed E-state index contributed by atoms with van der Waals surface area (Å²) in [5.74, 6) is -5.00. The number of rotatable bonds is 8. The van der Waals surface area contributed by atoms with Gasteiger partial charge < -0.3 is 24.1 Å². The lowest BCUT2D eigenvalue weighted by Gasteiger charge is -2.29. The van der Waals surface area contributed by atoms with Gasteiger partial charge in [0, 0.05) is 0 Å². The molecule has 36 heavy (non-hydrogen) atoms. The standard InChI is InChI=1S/C27H23FO8/c28-16-21-22(34-25(30)19-12-6-2-7-13-19)23(35-26(31)20-14-8-3-9-15-20)27(32,36-21)17-33-24(29)18-10-4-1-5-11-18/h1-15,21-23,32H,16-17H2/t21-,22?,23-,27?/m1/s1. The molecular weight excluding hydrogens is 471 g/mol. The number of carbonyl (C=O) groups is 3. The van der Waals surface area contributed by atoms with Gasteiger partial charge in [0.2, 0.25) is 5.79 Å². The molecule has 4 atom stereocenters. The second-order valence-corrected chi connectivity index (χ2v) is 8.03. The molecule has 0 radical (unpaired) electrons.